The van der Waals surface area contributed by atoms with Crippen molar-refractivity contribution in [3.8, 4) is 0 Å². The van der Waals surface area contributed by atoms with Crippen LogP contribution in [0.2, 0.25) is 0 Å². The molecular weight excluding hydrogens is 148 g/mol. The summed E-state index contributed by atoms with van der Waals surface area (Å²) in [6.45, 7) is 2.25. The van der Waals surface area contributed by atoms with Gasteiger partial charge in [0.25, 0.3) is 0 Å². The van der Waals surface area contributed by atoms with E-state index in [0.717, 1.165) is 13.0 Å². The molecule has 1 fully saturated rings. The van der Waals surface area contributed by atoms with Crippen molar-refractivity contribution in [2.24, 2.45) is 4.99 Å². The fraction of sp³-hybridized carbons (Fsp3) is 0.300. The second-order valence-electron chi connectivity index (χ2n) is 3.33. The van der Waals surface area contributed by atoms with Crippen molar-refractivity contribution in [1.29, 1.82) is 0 Å². The summed E-state index contributed by atoms with van der Waals surface area (Å²) in [5, 5.41) is 0. The lowest BCUT2D eigenvalue weighted by molar-refractivity contribution is 0.346. The molecule has 0 bridgehead atoms. The van der Waals surface area contributed by atoms with Crippen LogP contribution in [0.4, 0.5) is 5.69 Å². The second-order valence-corrected chi connectivity index (χ2v) is 3.33. The van der Waals surface area contributed by atoms with Crippen molar-refractivity contribution < 1.29 is 0 Å². The zero-order chi connectivity index (χ0) is 7.97. The third-order valence-electron chi connectivity index (χ3n) is 2.57. The van der Waals surface area contributed by atoms with Crippen molar-refractivity contribution in [3.63, 3.8) is 0 Å². The fourth-order valence-corrected chi connectivity index (χ4v) is 1.77. The van der Waals surface area contributed by atoms with E-state index < -0.39 is 0 Å². The molecule has 2 aliphatic heterocycles. The number of fused-ring (bicyclic) bond motifs is 2. The zero-order valence-electron chi connectivity index (χ0n) is 6.83. The molecule has 1 aromatic carbocycles. The Morgan fingerprint density at radius 1 is 1.25 bits per heavy atom. The highest BCUT2D eigenvalue weighted by molar-refractivity contribution is 5.91. The van der Waals surface area contributed by atoms with Gasteiger partial charge in [-0.25, -0.2) is 4.99 Å². The van der Waals surface area contributed by atoms with Crippen molar-refractivity contribution in [1.82, 2.24) is 4.90 Å². The molecule has 3 rings (SSSR count). The predicted molar refractivity (Wildman–Crippen MR) is 48.6 cm³/mol. The Bertz CT molecular complexity index is 355. The van der Waals surface area contributed by atoms with Crippen molar-refractivity contribution in [2.75, 3.05) is 6.54 Å². The van der Waals surface area contributed by atoms with Gasteiger partial charge in [0.15, 0.2) is 0 Å². The Morgan fingerprint density at radius 3 is 3.00 bits per heavy atom. The molecule has 60 valence electrons. The first-order valence-electron chi connectivity index (χ1n) is 4.34. The molecule has 1 aromatic rings. The average Bonchev–Trinajstić information content (AvgIpc) is 2.09. The van der Waals surface area contributed by atoms with E-state index in [1.807, 2.05) is 0 Å². The van der Waals surface area contributed by atoms with Crippen molar-refractivity contribution in [3.05, 3.63) is 29.8 Å². The third-order valence-corrected chi connectivity index (χ3v) is 2.57. The van der Waals surface area contributed by atoms with E-state index in [9.17, 15) is 0 Å². The van der Waals surface area contributed by atoms with Gasteiger partial charge in [-0.15, -0.1) is 0 Å². The first kappa shape index (κ1) is 6.23. The van der Waals surface area contributed by atoms with Crippen molar-refractivity contribution in [2.45, 2.75) is 13.0 Å². The Hall–Kier alpha value is -1.31. The molecular formula is C10H10N2. The Morgan fingerprint density at radius 2 is 2.17 bits per heavy atom. The highest BCUT2D eigenvalue weighted by Crippen LogP contribution is 2.30. The summed E-state index contributed by atoms with van der Waals surface area (Å²) in [6.07, 6.45) is 1.16. The van der Waals surface area contributed by atoms with E-state index >= 15 is 0 Å². The molecule has 1 saturated heterocycles. The fourth-order valence-electron chi connectivity index (χ4n) is 1.77. The number of nitrogens with zero attached hydrogens (tertiary/aromatic N) is 2. The molecule has 0 spiro atoms. The molecule has 0 N–H and O–H groups in total. The molecule has 0 unspecified atom stereocenters. The molecule has 0 radical (unpaired) electrons. The van der Waals surface area contributed by atoms with Crippen LogP contribution in [0.15, 0.2) is 29.3 Å². The molecule has 0 atom stereocenters. The van der Waals surface area contributed by atoms with Crippen LogP contribution < -0.4 is 0 Å². The van der Waals surface area contributed by atoms with Gasteiger partial charge in [0, 0.05) is 19.5 Å². The maximum absolute atomic E-state index is 4.56. The third kappa shape index (κ3) is 0.721. The number of rotatable bonds is 0. The lowest BCUT2D eigenvalue weighted by atomic mass is 10.1. The maximum atomic E-state index is 4.56. The predicted octanol–water partition coefficient (Wildman–Crippen LogP) is 1.94. The Labute approximate surface area is 71.5 Å². The minimum atomic E-state index is 1.06. The average molecular weight is 158 g/mol. The molecule has 2 aliphatic rings. The Balaban J connectivity index is 2.14. The highest BCUT2D eigenvalue weighted by atomic mass is 15.3. The van der Waals surface area contributed by atoms with Gasteiger partial charge in [0.05, 0.1) is 5.69 Å². The van der Waals surface area contributed by atoms with Gasteiger partial charge in [-0.3, -0.25) is 0 Å². The maximum Gasteiger partial charge on any atom is 0.107 e. The van der Waals surface area contributed by atoms with E-state index in [2.05, 4.69) is 34.2 Å². The second kappa shape index (κ2) is 2.09. The van der Waals surface area contributed by atoms with Crippen LogP contribution in [-0.2, 0) is 6.54 Å². The number of para-hydroxylation sites is 1. The summed E-state index contributed by atoms with van der Waals surface area (Å²) >= 11 is 0. The molecule has 0 amide bonds. The lowest BCUT2D eigenvalue weighted by Gasteiger charge is -2.38. The van der Waals surface area contributed by atoms with Crippen LogP contribution in [-0.4, -0.2) is 17.3 Å². The largest absolute Gasteiger partial charge is 0.355 e. The number of hydrogen-bond acceptors (Lipinski definition) is 2. The van der Waals surface area contributed by atoms with E-state index in [4.69, 9.17) is 0 Å². The quantitative estimate of drug-likeness (QED) is 0.563. The smallest absolute Gasteiger partial charge is 0.107 e. The highest BCUT2D eigenvalue weighted by Gasteiger charge is 2.25. The lowest BCUT2D eigenvalue weighted by Crippen LogP contribution is -2.44. The number of hydrogen-bond donors (Lipinski definition) is 0. The molecule has 2 nitrogen and oxygen atoms in total. The minimum absolute atomic E-state index is 1.06. The van der Waals surface area contributed by atoms with Gasteiger partial charge in [-0.2, -0.15) is 0 Å². The molecule has 0 aromatic heterocycles. The summed E-state index contributed by atoms with van der Waals surface area (Å²) in [5.41, 5.74) is 2.53. The van der Waals surface area contributed by atoms with Crippen LogP contribution in [0, 0.1) is 0 Å². The van der Waals surface area contributed by atoms with Gasteiger partial charge < -0.3 is 4.90 Å². The van der Waals surface area contributed by atoms with Crippen LogP contribution in [0.25, 0.3) is 0 Å². The number of aliphatic imine (C=N–C) groups is 1. The van der Waals surface area contributed by atoms with Crippen LogP contribution in [0.3, 0.4) is 0 Å². The number of amidine groups is 1. The van der Waals surface area contributed by atoms with Crippen LogP contribution in [0.5, 0.6) is 0 Å². The standard InChI is InChI=1S/C10H10N2/c1-2-4-9-8(3-1)7-12-6-5-10(12)11-9/h1-4H,5-7H2. The monoisotopic (exact) mass is 158 g/mol. The summed E-state index contributed by atoms with van der Waals surface area (Å²) < 4.78 is 0. The topological polar surface area (TPSA) is 15.6 Å². The summed E-state index contributed by atoms with van der Waals surface area (Å²) in [5.74, 6) is 1.27. The van der Waals surface area contributed by atoms with Gasteiger partial charge in [-0.1, -0.05) is 18.2 Å². The van der Waals surface area contributed by atoms with Crippen LogP contribution >= 0.6 is 0 Å². The summed E-state index contributed by atoms with van der Waals surface area (Å²) in [7, 11) is 0. The van der Waals surface area contributed by atoms with Gasteiger partial charge in [-0.05, 0) is 11.6 Å². The van der Waals surface area contributed by atoms with E-state index in [0.29, 0.717) is 0 Å². The molecule has 0 saturated carbocycles. The summed E-state index contributed by atoms with van der Waals surface area (Å²) in [4.78, 5) is 6.89. The first-order valence-corrected chi connectivity index (χ1v) is 4.34. The Kier molecular flexibility index (Phi) is 1.09. The molecule has 2 heterocycles. The van der Waals surface area contributed by atoms with Gasteiger partial charge in [0.1, 0.15) is 5.84 Å². The molecule has 2 heteroatoms. The number of benzene rings is 1. The van der Waals surface area contributed by atoms with E-state index in [1.165, 1.54) is 23.6 Å². The van der Waals surface area contributed by atoms with E-state index in [-0.39, 0.29) is 0 Å². The van der Waals surface area contributed by atoms with Crippen LogP contribution in [0.1, 0.15) is 12.0 Å². The van der Waals surface area contributed by atoms with Gasteiger partial charge in [0.2, 0.25) is 0 Å². The van der Waals surface area contributed by atoms with Gasteiger partial charge >= 0.3 is 0 Å². The van der Waals surface area contributed by atoms with E-state index in [1.54, 1.807) is 0 Å². The first-order chi connectivity index (χ1) is 5.93. The normalized spacial score (nSPS) is 19.0. The minimum Gasteiger partial charge on any atom is -0.355 e. The summed E-state index contributed by atoms with van der Waals surface area (Å²) in [6, 6.07) is 8.39. The zero-order valence-corrected chi connectivity index (χ0v) is 6.83. The SMILES string of the molecule is c1ccc2c(c1)CN1CCC1=N2. The van der Waals surface area contributed by atoms with Crippen molar-refractivity contribution >= 4 is 11.5 Å². The molecule has 0 aliphatic carbocycles. The molecule has 12 heavy (non-hydrogen) atoms.